The van der Waals surface area contributed by atoms with Crippen LogP contribution in [-0.2, 0) is 13.1 Å². The van der Waals surface area contributed by atoms with Crippen LogP contribution in [0.5, 0.6) is 0 Å². The predicted octanol–water partition coefficient (Wildman–Crippen LogP) is 4.12. The SMILES string of the molecule is O=[N+]([O-])c1ccccc1NCc1ccc(CNc2ccccc2[N+](=O)[O-])nc1. The van der Waals surface area contributed by atoms with E-state index < -0.39 is 9.85 Å². The Balaban J connectivity index is 1.60. The zero-order valence-corrected chi connectivity index (χ0v) is 14.7. The van der Waals surface area contributed by atoms with Crippen LogP contribution in [0, 0.1) is 20.2 Å². The maximum Gasteiger partial charge on any atom is 0.292 e. The maximum atomic E-state index is 11.0. The molecule has 3 rings (SSSR count). The summed E-state index contributed by atoms with van der Waals surface area (Å²) in [6, 6.07) is 16.5. The number of aromatic nitrogens is 1. The molecular formula is C19H17N5O4. The van der Waals surface area contributed by atoms with E-state index >= 15 is 0 Å². The first-order valence-electron chi connectivity index (χ1n) is 8.43. The topological polar surface area (TPSA) is 123 Å². The number of rotatable bonds is 8. The lowest BCUT2D eigenvalue weighted by atomic mass is 10.2. The molecule has 0 aliphatic heterocycles. The first-order valence-corrected chi connectivity index (χ1v) is 8.43. The fourth-order valence-corrected chi connectivity index (χ4v) is 2.61. The average molecular weight is 379 g/mol. The molecule has 9 nitrogen and oxygen atoms in total. The van der Waals surface area contributed by atoms with E-state index in [1.165, 1.54) is 12.1 Å². The van der Waals surface area contributed by atoms with Crippen molar-refractivity contribution in [1.82, 2.24) is 4.98 Å². The number of nitro benzene ring substituents is 2. The lowest BCUT2D eigenvalue weighted by Crippen LogP contribution is -2.06. The normalized spacial score (nSPS) is 10.3. The summed E-state index contributed by atoms with van der Waals surface area (Å²) in [5.74, 6) is 0. The lowest BCUT2D eigenvalue weighted by molar-refractivity contribution is -0.384. The van der Waals surface area contributed by atoms with E-state index in [-0.39, 0.29) is 11.4 Å². The van der Waals surface area contributed by atoms with Crippen LogP contribution in [0.2, 0.25) is 0 Å². The van der Waals surface area contributed by atoms with Gasteiger partial charge in [0.05, 0.1) is 22.1 Å². The molecule has 3 aromatic rings. The van der Waals surface area contributed by atoms with Gasteiger partial charge in [-0.2, -0.15) is 0 Å². The Morgan fingerprint density at radius 2 is 1.29 bits per heavy atom. The zero-order chi connectivity index (χ0) is 19.9. The predicted molar refractivity (Wildman–Crippen MR) is 105 cm³/mol. The van der Waals surface area contributed by atoms with Gasteiger partial charge in [0.25, 0.3) is 11.4 Å². The lowest BCUT2D eigenvalue weighted by Gasteiger charge is -2.09. The third-order valence-electron chi connectivity index (χ3n) is 4.03. The number of para-hydroxylation sites is 4. The number of pyridine rings is 1. The number of nitro groups is 2. The van der Waals surface area contributed by atoms with Gasteiger partial charge in [-0.25, -0.2) is 0 Å². The molecule has 0 amide bonds. The van der Waals surface area contributed by atoms with E-state index in [4.69, 9.17) is 0 Å². The van der Waals surface area contributed by atoms with Crippen molar-refractivity contribution >= 4 is 22.7 Å². The van der Waals surface area contributed by atoms with Crippen molar-refractivity contribution in [1.29, 1.82) is 0 Å². The van der Waals surface area contributed by atoms with Crippen molar-refractivity contribution < 1.29 is 9.85 Å². The Morgan fingerprint density at radius 3 is 1.79 bits per heavy atom. The van der Waals surface area contributed by atoms with Crippen LogP contribution >= 0.6 is 0 Å². The molecule has 1 aromatic heterocycles. The highest BCUT2D eigenvalue weighted by Crippen LogP contribution is 2.24. The summed E-state index contributed by atoms with van der Waals surface area (Å²) >= 11 is 0. The Morgan fingerprint density at radius 1 is 0.750 bits per heavy atom. The highest BCUT2D eigenvalue weighted by atomic mass is 16.6. The molecule has 0 saturated heterocycles. The van der Waals surface area contributed by atoms with Crippen molar-refractivity contribution in [3.8, 4) is 0 Å². The van der Waals surface area contributed by atoms with E-state index in [1.54, 1.807) is 48.7 Å². The molecule has 142 valence electrons. The number of nitrogens with zero attached hydrogens (tertiary/aromatic N) is 3. The van der Waals surface area contributed by atoms with E-state index in [2.05, 4.69) is 15.6 Å². The van der Waals surface area contributed by atoms with Crippen molar-refractivity contribution in [2.75, 3.05) is 10.6 Å². The summed E-state index contributed by atoms with van der Waals surface area (Å²) in [5.41, 5.74) is 2.46. The first-order chi connectivity index (χ1) is 13.5. The van der Waals surface area contributed by atoms with Crippen LogP contribution in [0.3, 0.4) is 0 Å². The second-order valence-electron chi connectivity index (χ2n) is 5.91. The van der Waals surface area contributed by atoms with Gasteiger partial charge in [0.2, 0.25) is 0 Å². The largest absolute Gasteiger partial charge is 0.375 e. The summed E-state index contributed by atoms with van der Waals surface area (Å²) in [6.07, 6.45) is 1.66. The van der Waals surface area contributed by atoms with Gasteiger partial charge in [0, 0.05) is 24.9 Å². The highest BCUT2D eigenvalue weighted by Gasteiger charge is 2.13. The second kappa shape index (κ2) is 8.58. The molecule has 0 spiro atoms. The third kappa shape index (κ3) is 4.58. The van der Waals surface area contributed by atoms with Gasteiger partial charge in [-0.05, 0) is 23.8 Å². The summed E-state index contributed by atoms with van der Waals surface area (Å²) in [4.78, 5) is 25.5. The minimum Gasteiger partial charge on any atom is -0.375 e. The Bertz CT molecular complexity index is 911. The van der Waals surface area contributed by atoms with Gasteiger partial charge in [0.15, 0.2) is 0 Å². The average Bonchev–Trinajstić information content (AvgIpc) is 2.71. The second-order valence-corrected chi connectivity index (χ2v) is 5.91. The molecule has 9 heteroatoms. The molecule has 0 radical (unpaired) electrons. The van der Waals surface area contributed by atoms with Gasteiger partial charge in [0.1, 0.15) is 11.4 Å². The minimum atomic E-state index is -0.437. The van der Waals surface area contributed by atoms with E-state index in [0.717, 1.165) is 5.56 Å². The molecule has 0 saturated carbocycles. The van der Waals surface area contributed by atoms with Gasteiger partial charge in [-0.15, -0.1) is 0 Å². The Labute approximate surface area is 160 Å². The van der Waals surface area contributed by atoms with Crippen LogP contribution in [0.4, 0.5) is 22.7 Å². The van der Waals surface area contributed by atoms with Gasteiger partial charge in [-0.3, -0.25) is 25.2 Å². The molecule has 2 aromatic carbocycles. The van der Waals surface area contributed by atoms with Gasteiger partial charge >= 0.3 is 0 Å². The molecule has 0 atom stereocenters. The Hall–Kier alpha value is -4.01. The van der Waals surface area contributed by atoms with Gasteiger partial charge in [-0.1, -0.05) is 30.3 Å². The third-order valence-corrected chi connectivity index (χ3v) is 4.03. The van der Waals surface area contributed by atoms with E-state index in [1.807, 2.05) is 6.07 Å². The number of hydrogen-bond acceptors (Lipinski definition) is 7. The zero-order valence-electron chi connectivity index (χ0n) is 14.7. The quantitative estimate of drug-likeness (QED) is 0.445. The molecule has 0 unspecified atom stereocenters. The number of benzene rings is 2. The molecule has 0 aliphatic rings. The fraction of sp³-hybridized carbons (Fsp3) is 0.105. The molecule has 0 bridgehead atoms. The van der Waals surface area contributed by atoms with Crippen LogP contribution in [-0.4, -0.2) is 14.8 Å². The van der Waals surface area contributed by atoms with Crippen molar-refractivity contribution in [2.45, 2.75) is 13.1 Å². The highest BCUT2D eigenvalue weighted by molar-refractivity contribution is 5.62. The summed E-state index contributed by atoms with van der Waals surface area (Å²) < 4.78 is 0. The van der Waals surface area contributed by atoms with Crippen molar-refractivity contribution in [3.05, 3.63) is 98.3 Å². The molecule has 1 heterocycles. The van der Waals surface area contributed by atoms with Gasteiger partial charge < -0.3 is 10.6 Å². The molecular weight excluding hydrogens is 362 g/mol. The van der Waals surface area contributed by atoms with Crippen molar-refractivity contribution in [3.63, 3.8) is 0 Å². The van der Waals surface area contributed by atoms with E-state index in [0.29, 0.717) is 30.2 Å². The van der Waals surface area contributed by atoms with Crippen LogP contribution < -0.4 is 10.6 Å². The monoisotopic (exact) mass is 379 g/mol. The smallest absolute Gasteiger partial charge is 0.292 e. The summed E-state index contributed by atoms with van der Waals surface area (Å²) in [7, 11) is 0. The van der Waals surface area contributed by atoms with Crippen LogP contribution in [0.25, 0.3) is 0 Å². The van der Waals surface area contributed by atoms with Crippen molar-refractivity contribution in [2.24, 2.45) is 0 Å². The summed E-state index contributed by atoms with van der Waals surface area (Å²) in [5, 5.41) is 28.1. The van der Waals surface area contributed by atoms with Crippen LogP contribution in [0.15, 0.2) is 66.9 Å². The maximum absolute atomic E-state index is 11.0. The number of hydrogen-bond donors (Lipinski definition) is 2. The summed E-state index contributed by atoms with van der Waals surface area (Å²) in [6.45, 7) is 0.721. The molecule has 2 N–H and O–H groups in total. The van der Waals surface area contributed by atoms with Crippen LogP contribution in [0.1, 0.15) is 11.3 Å². The Kier molecular flexibility index (Phi) is 5.75. The standard InChI is InChI=1S/C19H17N5O4/c25-23(26)18-7-3-1-5-16(18)21-12-14-9-10-15(20-11-14)13-22-17-6-2-4-8-19(17)24(27)28/h1-11,21-22H,12-13H2. The fourth-order valence-electron chi connectivity index (χ4n) is 2.61. The molecule has 0 aliphatic carbocycles. The molecule has 0 fully saturated rings. The van der Waals surface area contributed by atoms with E-state index in [9.17, 15) is 20.2 Å². The number of nitrogens with one attached hydrogen (secondary N) is 2. The number of anilines is 2. The first kappa shape index (κ1) is 18.8. The molecule has 28 heavy (non-hydrogen) atoms. The minimum absolute atomic E-state index is 0.00720.